The van der Waals surface area contributed by atoms with Crippen LogP contribution in [0.1, 0.15) is 41.7 Å². The normalized spacial score (nSPS) is 17.1. The van der Waals surface area contributed by atoms with Crippen molar-refractivity contribution in [3.8, 4) is 0 Å². The number of amides is 1. The predicted octanol–water partition coefficient (Wildman–Crippen LogP) is 4.36. The summed E-state index contributed by atoms with van der Waals surface area (Å²) in [6.07, 6.45) is 8.86. The molecule has 0 unspecified atom stereocenters. The Bertz CT molecular complexity index is 946. The molecule has 0 aliphatic carbocycles. The molecule has 0 N–H and O–H groups in total. The van der Waals surface area contributed by atoms with Gasteiger partial charge in [-0.15, -0.1) is 0 Å². The van der Waals surface area contributed by atoms with Crippen molar-refractivity contribution in [3.05, 3.63) is 53.8 Å². The zero-order valence-corrected chi connectivity index (χ0v) is 16.7. The molecule has 1 saturated heterocycles. The van der Waals surface area contributed by atoms with E-state index in [1.165, 1.54) is 0 Å². The van der Waals surface area contributed by atoms with Gasteiger partial charge in [0, 0.05) is 48.6 Å². The first kappa shape index (κ1) is 18.2. The highest BCUT2D eigenvalue weighted by Crippen LogP contribution is 2.31. The summed E-state index contributed by atoms with van der Waals surface area (Å²) in [7, 11) is 0. The smallest absolute Gasteiger partial charge is 0.290 e. The number of aromatic nitrogens is 2. The monoisotopic (exact) mass is 383 g/mol. The third kappa shape index (κ3) is 3.38. The van der Waals surface area contributed by atoms with Crippen molar-refractivity contribution in [3.63, 3.8) is 0 Å². The Morgan fingerprint density at radius 1 is 1.37 bits per heavy atom. The van der Waals surface area contributed by atoms with E-state index in [0.29, 0.717) is 5.76 Å². The summed E-state index contributed by atoms with van der Waals surface area (Å²) in [5.41, 5.74) is 1.81. The number of carbonyl (C=O) groups excluding carboxylic acids is 1. The lowest BCUT2D eigenvalue weighted by atomic mass is 10.1. The Balaban J connectivity index is 1.63. The summed E-state index contributed by atoms with van der Waals surface area (Å²) in [6.45, 7) is 3.70. The molecule has 0 bridgehead atoms. The number of hydrogen-bond acceptors (Lipinski definition) is 4. The number of para-hydroxylation sites is 1. The van der Waals surface area contributed by atoms with Crippen LogP contribution in [0, 0.1) is 0 Å². The van der Waals surface area contributed by atoms with E-state index in [9.17, 15) is 4.79 Å². The van der Waals surface area contributed by atoms with Gasteiger partial charge in [-0.3, -0.25) is 4.79 Å². The highest BCUT2D eigenvalue weighted by atomic mass is 32.2. The minimum absolute atomic E-state index is 0.0240. The minimum atomic E-state index is 0.0240. The fourth-order valence-electron chi connectivity index (χ4n) is 4.03. The molecule has 1 atom stereocenters. The largest absolute Gasteiger partial charge is 0.451 e. The van der Waals surface area contributed by atoms with Gasteiger partial charge in [-0.1, -0.05) is 25.1 Å². The third-order valence-corrected chi connectivity index (χ3v) is 5.92. The second-order valence-corrected chi connectivity index (χ2v) is 7.85. The molecule has 0 radical (unpaired) electrons. The van der Waals surface area contributed by atoms with E-state index in [1.807, 2.05) is 41.6 Å². The number of nitrogens with zero attached hydrogens (tertiary/aromatic N) is 3. The molecule has 6 heteroatoms. The summed E-state index contributed by atoms with van der Waals surface area (Å²) < 4.78 is 8.21. The Morgan fingerprint density at radius 3 is 3.04 bits per heavy atom. The van der Waals surface area contributed by atoms with E-state index in [0.717, 1.165) is 60.5 Å². The van der Waals surface area contributed by atoms with Crippen molar-refractivity contribution in [2.24, 2.45) is 0 Å². The van der Waals surface area contributed by atoms with Crippen LogP contribution in [0.25, 0.3) is 11.0 Å². The lowest BCUT2D eigenvalue weighted by Gasteiger charge is -2.25. The SMILES string of the molecule is CCc1nccn1C[C@H]1CCCN1C(=O)c1oc2ccccc2c1CSC. The number of hydrogen-bond donors (Lipinski definition) is 0. The number of rotatable bonds is 6. The van der Waals surface area contributed by atoms with Gasteiger partial charge in [-0.05, 0) is 25.2 Å². The first-order valence-corrected chi connectivity index (χ1v) is 10.9. The number of fused-ring (bicyclic) bond motifs is 1. The van der Waals surface area contributed by atoms with Crippen LogP contribution in [0.4, 0.5) is 0 Å². The number of benzene rings is 1. The van der Waals surface area contributed by atoms with Gasteiger partial charge in [0.15, 0.2) is 5.76 Å². The lowest BCUT2D eigenvalue weighted by molar-refractivity contribution is 0.0692. The van der Waals surface area contributed by atoms with Crippen molar-refractivity contribution >= 4 is 28.6 Å². The molecule has 1 aliphatic heterocycles. The standard InChI is InChI=1S/C21H25N3O2S/c1-3-19-22-10-12-23(19)13-15-7-6-11-24(15)21(25)20-17(14-27-2)16-8-4-5-9-18(16)26-20/h4-5,8-10,12,15H,3,6-7,11,13-14H2,1-2H3/t15-/m1/s1. The molecule has 0 spiro atoms. The molecule has 3 heterocycles. The number of likely N-dealkylation sites (tertiary alicyclic amines) is 1. The van der Waals surface area contributed by atoms with E-state index in [1.54, 1.807) is 11.8 Å². The van der Waals surface area contributed by atoms with Gasteiger partial charge >= 0.3 is 0 Å². The summed E-state index contributed by atoms with van der Waals surface area (Å²) >= 11 is 1.71. The topological polar surface area (TPSA) is 51.3 Å². The van der Waals surface area contributed by atoms with Gasteiger partial charge in [-0.25, -0.2) is 4.98 Å². The highest BCUT2D eigenvalue weighted by molar-refractivity contribution is 7.97. The second kappa shape index (κ2) is 7.80. The minimum Gasteiger partial charge on any atom is -0.451 e. The number of imidazole rings is 1. The fraction of sp³-hybridized carbons (Fsp3) is 0.429. The van der Waals surface area contributed by atoms with Crippen molar-refractivity contribution in [2.75, 3.05) is 12.8 Å². The van der Waals surface area contributed by atoms with Crippen LogP contribution < -0.4 is 0 Å². The number of aryl methyl sites for hydroxylation is 1. The van der Waals surface area contributed by atoms with Gasteiger partial charge in [0.05, 0.1) is 6.04 Å². The van der Waals surface area contributed by atoms with Crippen LogP contribution in [0.15, 0.2) is 41.1 Å². The average Bonchev–Trinajstić information content (AvgIpc) is 3.41. The Labute approximate surface area is 163 Å². The molecular formula is C21H25N3O2S. The van der Waals surface area contributed by atoms with Crippen molar-refractivity contribution in [1.29, 1.82) is 0 Å². The van der Waals surface area contributed by atoms with Crippen LogP contribution in [-0.2, 0) is 18.7 Å². The Morgan fingerprint density at radius 2 is 2.22 bits per heavy atom. The van der Waals surface area contributed by atoms with Crippen LogP contribution in [-0.4, -0.2) is 39.2 Å². The summed E-state index contributed by atoms with van der Waals surface area (Å²) in [4.78, 5) is 19.8. The number of furan rings is 1. The maximum absolute atomic E-state index is 13.4. The summed E-state index contributed by atoms with van der Waals surface area (Å²) in [6, 6.07) is 8.12. The van der Waals surface area contributed by atoms with Gasteiger partial charge in [0.1, 0.15) is 11.4 Å². The number of carbonyl (C=O) groups is 1. The molecule has 1 aromatic carbocycles. The van der Waals surface area contributed by atoms with Gasteiger partial charge in [0.25, 0.3) is 5.91 Å². The van der Waals surface area contributed by atoms with Crippen LogP contribution in [0.5, 0.6) is 0 Å². The van der Waals surface area contributed by atoms with E-state index >= 15 is 0 Å². The quantitative estimate of drug-likeness (QED) is 0.635. The molecule has 142 valence electrons. The van der Waals surface area contributed by atoms with Crippen LogP contribution in [0.3, 0.4) is 0 Å². The molecule has 0 saturated carbocycles. The van der Waals surface area contributed by atoms with Gasteiger partial charge in [0.2, 0.25) is 0 Å². The van der Waals surface area contributed by atoms with Gasteiger partial charge in [-0.2, -0.15) is 11.8 Å². The molecule has 3 aromatic rings. The Hall–Kier alpha value is -2.21. The van der Waals surface area contributed by atoms with E-state index in [-0.39, 0.29) is 11.9 Å². The van der Waals surface area contributed by atoms with Crippen molar-refractivity contribution in [2.45, 2.75) is 44.5 Å². The van der Waals surface area contributed by atoms with Crippen molar-refractivity contribution < 1.29 is 9.21 Å². The fourth-order valence-corrected chi connectivity index (χ4v) is 4.61. The first-order chi connectivity index (χ1) is 13.2. The van der Waals surface area contributed by atoms with E-state index in [2.05, 4.69) is 22.7 Å². The summed E-state index contributed by atoms with van der Waals surface area (Å²) in [5.74, 6) is 2.38. The molecule has 27 heavy (non-hydrogen) atoms. The molecule has 5 nitrogen and oxygen atoms in total. The van der Waals surface area contributed by atoms with Crippen LogP contribution >= 0.6 is 11.8 Å². The Kier molecular flexibility index (Phi) is 5.25. The lowest BCUT2D eigenvalue weighted by Crippen LogP contribution is -2.38. The maximum Gasteiger partial charge on any atom is 0.290 e. The average molecular weight is 384 g/mol. The maximum atomic E-state index is 13.4. The predicted molar refractivity (Wildman–Crippen MR) is 109 cm³/mol. The molecule has 1 amide bonds. The summed E-state index contributed by atoms with van der Waals surface area (Å²) in [5, 5.41) is 1.05. The zero-order chi connectivity index (χ0) is 18.8. The van der Waals surface area contributed by atoms with Gasteiger partial charge < -0.3 is 13.9 Å². The third-order valence-electron chi connectivity index (χ3n) is 5.34. The molecule has 1 aliphatic rings. The van der Waals surface area contributed by atoms with E-state index < -0.39 is 0 Å². The van der Waals surface area contributed by atoms with Crippen molar-refractivity contribution in [1.82, 2.24) is 14.5 Å². The number of thioether (sulfide) groups is 1. The first-order valence-electron chi connectivity index (χ1n) is 9.53. The second-order valence-electron chi connectivity index (χ2n) is 6.98. The zero-order valence-electron chi connectivity index (χ0n) is 15.9. The molecule has 4 rings (SSSR count). The molecule has 2 aromatic heterocycles. The van der Waals surface area contributed by atoms with Crippen LogP contribution in [0.2, 0.25) is 0 Å². The van der Waals surface area contributed by atoms with E-state index in [4.69, 9.17) is 4.42 Å². The molecule has 1 fully saturated rings. The highest BCUT2D eigenvalue weighted by Gasteiger charge is 2.33. The molecular weight excluding hydrogens is 358 g/mol.